The number of H-pyrrole nitrogens is 1. The summed E-state index contributed by atoms with van der Waals surface area (Å²) in [5, 5.41) is 7.19. The van der Waals surface area contributed by atoms with Crippen molar-refractivity contribution in [2.24, 2.45) is 0 Å². The van der Waals surface area contributed by atoms with Gasteiger partial charge in [0.25, 0.3) is 0 Å². The van der Waals surface area contributed by atoms with E-state index in [1.165, 1.54) is 0 Å². The van der Waals surface area contributed by atoms with Crippen molar-refractivity contribution < 1.29 is 4.74 Å². The van der Waals surface area contributed by atoms with Crippen molar-refractivity contribution in [2.45, 2.75) is 25.0 Å². The number of nitrogens with zero attached hydrogens (tertiary/aromatic N) is 3. The number of nitrogens with one attached hydrogen (secondary N) is 1. The van der Waals surface area contributed by atoms with Gasteiger partial charge >= 0.3 is 0 Å². The number of pyridine rings is 1. The molecule has 0 spiro atoms. The van der Waals surface area contributed by atoms with Crippen molar-refractivity contribution in [1.29, 1.82) is 0 Å². The summed E-state index contributed by atoms with van der Waals surface area (Å²) in [5.41, 5.74) is 1.03. The summed E-state index contributed by atoms with van der Waals surface area (Å²) in [6, 6.07) is 4.26. The molecule has 0 amide bonds. The lowest BCUT2D eigenvalue weighted by atomic mass is 9.89. The highest BCUT2D eigenvalue weighted by molar-refractivity contribution is 7.71. The Balaban J connectivity index is 1.96. The number of ether oxygens (including phenoxy) is 1. The highest BCUT2D eigenvalue weighted by atomic mass is 32.1. The lowest BCUT2D eigenvalue weighted by Crippen LogP contribution is -2.32. The molecule has 5 nitrogen and oxygen atoms in total. The van der Waals surface area contributed by atoms with Gasteiger partial charge in [0.05, 0.1) is 6.10 Å². The fraction of sp³-hybridized carbons (Fsp3) is 0.417. The Morgan fingerprint density at radius 1 is 1.39 bits per heavy atom. The number of aromatic amines is 1. The number of hydrogen-bond acceptors (Lipinski definition) is 4. The van der Waals surface area contributed by atoms with Gasteiger partial charge in [-0.1, -0.05) is 0 Å². The summed E-state index contributed by atoms with van der Waals surface area (Å²) >= 11 is 5.31. The van der Waals surface area contributed by atoms with Gasteiger partial charge in [-0.15, -0.1) is 0 Å². The molecule has 2 heterocycles. The summed E-state index contributed by atoms with van der Waals surface area (Å²) < 4.78 is 8.06. The summed E-state index contributed by atoms with van der Waals surface area (Å²) in [6.07, 6.45) is 5.84. The van der Waals surface area contributed by atoms with Crippen molar-refractivity contribution in [2.75, 3.05) is 7.11 Å². The van der Waals surface area contributed by atoms with Gasteiger partial charge in [0.2, 0.25) is 0 Å². The van der Waals surface area contributed by atoms with Crippen molar-refractivity contribution in [1.82, 2.24) is 19.7 Å². The smallest absolute Gasteiger partial charge is 0.195 e. The zero-order chi connectivity index (χ0) is 12.5. The van der Waals surface area contributed by atoms with Crippen LogP contribution in [0.25, 0.3) is 11.4 Å². The van der Waals surface area contributed by atoms with Crippen LogP contribution < -0.4 is 0 Å². The normalized spacial score (nSPS) is 22.7. The number of rotatable bonds is 3. The highest BCUT2D eigenvalue weighted by Gasteiger charge is 2.32. The second-order valence-electron chi connectivity index (χ2n) is 4.44. The maximum absolute atomic E-state index is 5.31. The molecule has 18 heavy (non-hydrogen) atoms. The lowest BCUT2D eigenvalue weighted by molar-refractivity contribution is 0.00619. The van der Waals surface area contributed by atoms with E-state index < -0.39 is 0 Å². The fourth-order valence-corrected chi connectivity index (χ4v) is 2.57. The minimum Gasteiger partial charge on any atom is -0.381 e. The Hall–Kier alpha value is -1.53. The van der Waals surface area contributed by atoms with Crippen LogP contribution in [0.1, 0.15) is 18.9 Å². The van der Waals surface area contributed by atoms with E-state index in [1.54, 1.807) is 19.5 Å². The van der Waals surface area contributed by atoms with E-state index in [2.05, 4.69) is 19.7 Å². The van der Waals surface area contributed by atoms with Crippen LogP contribution in [-0.2, 0) is 4.74 Å². The lowest BCUT2D eigenvalue weighted by Gasteiger charge is -2.35. The third-order valence-corrected chi connectivity index (χ3v) is 3.70. The first kappa shape index (κ1) is 11.6. The molecule has 2 aromatic rings. The first-order chi connectivity index (χ1) is 8.79. The van der Waals surface area contributed by atoms with Gasteiger partial charge in [0.15, 0.2) is 10.6 Å². The molecule has 94 valence electrons. The predicted molar refractivity (Wildman–Crippen MR) is 69.7 cm³/mol. The topological polar surface area (TPSA) is 55.7 Å². The van der Waals surface area contributed by atoms with Crippen LogP contribution in [0.15, 0.2) is 24.5 Å². The maximum Gasteiger partial charge on any atom is 0.195 e. The highest BCUT2D eigenvalue weighted by Crippen LogP contribution is 2.36. The number of methoxy groups -OCH3 is 1. The molecule has 0 saturated heterocycles. The summed E-state index contributed by atoms with van der Waals surface area (Å²) in [7, 11) is 1.75. The van der Waals surface area contributed by atoms with Crippen LogP contribution in [0, 0.1) is 4.77 Å². The van der Waals surface area contributed by atoms with E-state index >= 15 is 0 Å². The molecule has 2 aromatic heterocycles. The number of hydrogen-bond donors (Lipinski definition) is 1. The van der Waals surface area contributed by atoms with Gasteiger partial charge in [-0.05, 0) is 37.2 Å². The molecule has 3 rings (SSSR count). The second-order valence-corrected chi connectivity index (χ2v) is 4.83. The monoisotopic (exact) mass is 262 g/mol. The van der Waals surface area contributed by atoms with E-state index in [9.17, 15) is 0 Å². The molecular formula is C12H14N4OS. The zero-order valence-electron chi connectivity index (χ0n) is 10.0. The Kier molecular flexibility index (Phi) is 2.97. The molecule has 0 bridgehead atoms. The quantitative estimate of drug-likeness (QED) is 0.863. The molecule has 1 aliphatic carbocycles. The van der Waals surface area contributed by atoms with Crippen molar-refractivity contribution in [3.05, 3.63) is 29.3 Å². The van der Waals surface area contributed by atoms with Crippen LogP contribution in [0.4, 0.5) is 0 Å². The zero-order valence-corrected chi connectivity index (χ0v) is 10.9. The Labute approximate surface area is 110 Å². The summed E-state index contributed by atoms with van der Waals surface area (Å²) in [5.74, 6) is 0.877. The largest absolute Gasteiger partial charge is 0.381 e. The van der Waals surface area contributed by atoms with Gasteiger partial charge in [-0.2, -0.15) is 5.10 Å². The maximum atomic E-state index is 5.31. The average Bonchev–Trinajstić information content (AvgIpc) is 2.72. The van der Waals surface area contributed by atoms with E-state index in [0.717, 1.165) is 24.2 Å². The minimum absolute atomic E-state index is 0.345. The van der Waals surface area contributed by atoms with E-state index in [1.807, 2.05) is 12.1 Å². The van der Waals surface area contributed by atoms with Gasteiger partial charge in [-0.25, -0.2) is 0 Å². The third-order valence-electron chi connectivity index (χ3n) is 3.41. The molecule has 0 aliphatic heterocycles. The number of aromatic nitrogens is 4. The molecule has 1 fully saturated rings. The molecule has 1 aliphatic rings. The van der Waals surface area contributed by atoms with Crippen LogP contribution in [0.5, 0.6) is 0 Å². The van der Waals surface area contributed by atoms with Gasteiger partial charge < -0.3 is 4.74 Å². The van der Waals surface area contributed by atoms with Gasteiger partial charge in [-0.3, -0.25) is 14.6 Å². The van der Waals surface area contributed by atoms with Crippen molar-refractivity contribution >= 4 is 12.2 Å². The first-order valence-corrected chi connectivity index (χ1v) is 6.30. The molecule has 0 radical (unpaired) electrons. The second kappa shape index (κ2) is 4.62. The van der Waals surface area contributed by atoms with E-state index in [-0.39, 0.29) is 0 Å². The predicted octanol–water partition coefficient (Wildman–Crippen LogP) is 2.35. The molecular weight excluding hydrogens is 248 g/mol. The van der Waals surface area contributed by atoms with Crippen LogP contribution in [-0.4, -0.2) is 33.0 Å². The summed E-state index contributed by atoms with van der Waals surface area (Å²) in [4.78, 5) is 4.02. The summed E-state index contributed by atoms with van der Waals surface area (Å²) in [6.45, 7) is 0. The Morgan fingerprint density at radius 3 is 2.78 bits per heavy atom. The van der Waals surface area contributed by atoms with Gasteiger partial charge in [0.1, 0.15) is 0 Å². The molecule has 0 unspecified atom stereocenters. The molecule has 0 aromatic carbocycles. The molecule has 1 N–H and O–H groups in total. The van der Waals surface area contributed by atoms with Gasteiger partial charge in [0, 0.05) is 31.1 Å². The van der Waals surface area contributed by atoms with Crippen molar-refractivity contribution in [3.8, 4) is 11.4 Å². The van der Waals surface area contributed by atoms with E-state index in [0.29, 0.717) is 16.9 Å². The van der Waals surface area contributed by atoms with Crippen LogP contribution in [0.2, 0.25) is 0 Å². The minimum atomic E-state index is 0.345. The van der Waals surface area contributed by atoms with Crippen LogP contribution >= 0.6 is 12.2 Å². The SMILES string of the molecule is COC1CC(n2c(-c3ccncc3)n[nH]c2=S)C1. The molecule has 1 saturated carbocycles. The molecule has 6 heteroatoms. The molecule has 0 atom stereocenters. The fourth-order valence-electron chi connectivity index (χ4n) is 2.29. The third kappa shape index (κ3) is 1.87. The average molecular weight is 262 g/mol. The Morgan fingerprint density at radius 2 is 2.11 bits per heavy atom. The Bertz CT molecular complexity index is 586. The van der Waals surface area contributed by atoms with Crippen molar-refractivity contribution in [3.63, 3.8) is 0 Å². The first-order valence-electron chi connectivity index (χ1n) is 5.89. The van der Waals surface area contributed by atoms with E-state index in [4.69, 9.17) is 17.0 Å². The van der Waals surface area contributed by atoms with Crippen LogP contribution in [0.3, 0.4) is 0 Å². The standard InChI is InChI=1S/C12H14N4OS/c1-17-10-6-9(7-10)16-11(14-15-12(16)18)8-2-4-13-5-3-8/h2-5,9-10H,6-7H2,1H3,(H,15,18).